The number of anilines is 1. The summed E-state index contributed by atoms with van der Waals surface area (Å²) in [7, 11) is 1.66. The minimum Gasteiger partial charge on any atom is -0.497 e. The van der Waals surface area contributed by atoms with Crippen LogP contribution in [0.3, 0.4) is 0 Å². The Balaban J connectivity index is 1.79. The van der Waals surface area contributed by atoms with E-state index in [-0.39, 0.29) is 18.0 Å². The highest BCUT2D eigenvalue weighted by molar-refractivity contribution is 5.92. The van der Waals surface area contributed by atoms with Gasteiger partial charge in [0.2, 0.25) is 11.9 Å². The number of methoxy groups -OCH3 is 1. The van der Waals surface area contributed by atoms with Crippen LogP contribution in [-0.4, -0.2) is 27.8 Å². The van der Waals surface area contributed by atoms with Crippen molar-refractivity contribution >= 4 is 11.9 Å². The maximum atomic E-state index is 13.1. The number of fused-ring (bicyclic) bond motifs is 1. The molecule has 0 fully saturated rings. The standard InChI is InChI=1S/C23H26N4O2/c1-4-5-22(28)26-20(17-8-6-16(2)7-9-17)14-21(27-23(26)24-15-25-27)18-10-12-19(29-3)13-11-18/h6-13,15,20-21H,4-5,14H2,1-3H3/t20-,21-/m1/s1. The summed E-state index contributed by atoms with van der Waals surface area (Å²) in [6, 6.07) is 16.4. The Labute approximate surface area is 171 Å². The summed E-state index contributed by atoms with van der Waals surface area (Å²) in [5, 5.41) is 4.47. The van der Waals surface area contributed by atoms with Crippen LogP contribution < -0.4 is 9.64 Å². The quantitative estimate of drug-likeness (QED) is 0.645. The van der Waals surface area contributed by atoms with Crippen molar-refractivity contribution in [2.24, 2.45) is 0 Å². The van der Waals surface area contributed by atoms with E-state index in [9.17, 15) is 4.79 Å². The summed E-state index contributed by atoms with van der Waals surface area (Å²) in [6.45, 7) is 4.09. The number of nitrogens with zero attached hydrogens (tertiary/aromatic N) is 4. The molecule has 0 unspecified atom stereocenters. The number of carbonyl (C=O) groups excluding carboxylic acids is 1. The van der Waals surface area contributed by atoms with Crippen LogP contribution in [0, 0.1) is 6.92 Å². The Bertz CT molecular complexity index is 979. The van der Waals surface area contributed by atoms with Crippen LogP contribution in [0.2, 0.25) is 0 Å². The third-order valence-electron chi connectivity index (χ3n) is 5.52. The van der Waals surface area contributed by atoms with Crippen LogP contribution in [0.5, 0.6) is 5.75 Å². The van der Waals surface area contributed by atoms with Crippen LogP contribution >= 0.6 is 0 Å². The SMILES string of the molecule is CCCC(=O)N1c2ncnn2[C@@H](c2ccc(OC)cc2)C[C@@H]1c1ccc(C)cc1. The molecular formula is C23H26N4O2. The highest BCUT2D eigenvalue weighted by Gasteiger charge is 2.38. The van der Waals surface area contributed by atoms with Gasteiger partial charge in [-0.2, -0.15) is 10.1 Å². The largest absolute Gasteiger partial charge is 0.497 e. The molecule has 6 heteroatoms. The predicted octanol–water partition coefficient (Wildman–Crippen LogP) is 4.46. The Kier molecular flexibility index (Phi) is 5.34. The topological polar surface area (TPSA) is 60.2 Å². The van der Waals surface area contributed by atoms with Gasteiger partial charge < -0.3 is 4.74 Å². The van der Waals surface area contributed by atoms with E-state index >= 15 is 0 Å². The first kappa shape index (κ1) is 19.2. The number of hydrogen-bond acceptors (Lipinski definition) is 4. The smallest absolute Gasteiger partial charge is 0.231 e. The second-order valence-electron chi connectivity index (χ2n) is 7.47. The van der Waals surface area contributed by atoms with Crippen molar-refractivity contribution in [3.05, 3.63) is 71.5 Å². The number of amides is 1. The van der Waals surface area contributed by atoms with Crippen molar-refractivity contribution in [1.82, 2.24) is 14.8 Å². The van der Waals surface area contributed by atoms with Gasteiger partial charge in [-0.25, -0.2) is 4.68 Å². The van der Waals surface area contributed by atoms with E-state index in [1.54, 1.807) is 7.11 Å². The van der Waals surface area contributed by atoms with Gasteiger partial charge in [-0.3, -0.25) is 9.69 Å². The Morgan fingerprint density at radius 3 is 2.38 bits per heavy atom. The van der Waals surface area contributed by atoms with E-state index in [2.05, 4.69) is 53.4 Å². The minimum atomic E-state index is -0.0848. The lowest BCUT2D eigenvalue weighted by Gasteiger charge is -2.39. The monoisotopic (exact) mass is 390 g/mol. The Morgan fingerprint density at radius 2 is 1.72 bits per heavy atom. The Hall–Kier alpha value is -3.15. The van der Waals surface area contributed by atoms with Gasteiger partial charge in [-0.05, 0) is 43.0 Å². The zero-order chi connectivity index (χ0) is 20.4. The van der Waals surface area contributed by atoms with Crippen LogP contribution in [0.1, 0.15) is 55.0 Å². The molecule has 150 valence electrons. The highest BCUT2D eigenvalue weighted by Crippen LogP contribution is 2.42. The number of aryl methyl sites for hydroxylation is 1. The minimum absolute atomic E-state index is 0.00427. The second kappa shape index (κ2) is 8.07. The number of carbonyl (C=O) groups is 1. The molecule has 2 heterocycles. The number of hydrogen-bond donors (Lipinski definition) is 0. The summed E-state index contributed by atoms with van der Waals surface area (Å²) in [4.78, 5) is 19.4. The summed E-state index contributed by atoms with van der Waals surface area (Å²) in [5.74, 6) is 1.51. The third-order valence-corrected chi connectivity index (χ3v) is 5.52. The van der Waals surface area contributed by atoms with Crippen molar-refractivity contribution in [2.45, 2.75) is 45.2 Å². The van der Waals surface area contributed by atoms with Crippen molar-refractivity contribution in [2.75, 3.05) is 12.0 Å². The zero-order valence-corrected chi connectivity index (χ0v) is 17.1. The van der Waals surface area contributed by atoms with Crippen molar-refractivity contribution < 1.29 is 9.53 Å². The molecule has 1 amide bonds. The first-order valence-corrected chi connectivity index (χ1v) is 10.0. The third kappa shape index (κ3) is 3.62. The predicted molar refractivity (Wildman–Crippen MR) is 112 cm³/mol. The molecule has 1 aliphatic heterocycles. The van der Waals surface area contributed by atoms with E-state index < -0.39 is 0 Å². The van der Waals surface area contributed by atoms with Gasteiger partial charge in [0.15, 0.2) is 0 Å². The number of aromatic nitrogens is 3. The molecule has 0 saturated heterocycles. The number of ether oxygens (including phenoxy) is 1. The van der Waals surface area contributed by atoms with Gasteiger partial charge in [0.1, 0.15) is 12.1 Å². The lowest BCUT2D eigenvalue weighted by Crippen LogP contribution is -2.42. The fourth-order valence-corrected chi connectivity index (χ4v) is 3.99. The van der Waals surface area contributed by atoms with E-state index in [0.717, 1.165) is 29.7 Å². The molecule has 2 atom stereocenters. The molecule has 3 aromatic rings. The van der Waals surface area contributed by atoms with Gasteiger partial charge in [0.25, 0.3) is 0 Å². The van der Waals surface area contributed by atoms with Crippen molar-refractivity contribution in [3.8, 4) is 5.75 Å². The molecule has 0 spiro atoms. The first-order chi connectivity index (χ1) is 14.1. The zero-order valence-electron chi connectivity index (χ0n) is 17.1. The fourth-order valence-electron chi connectivity index (χ4n) is 3.99. The molecule has 0 saturated carbocycles. The lowest BCUT2D eigenvalue weighted by atomic mass is 9.91. The molecule has 2 aromatic carbocycles. The van der Waals surface area contributed by atoms with Gasteiger partial charge in [-0.1, -0.05) is 48.9 Å². The molecule has 6 nitrogen and oxygen atoms in total. The molecule has 1 aliphatic rings. The van der Waals surface area contributed by atoms with Crippen LogP contribution in [0.15, 0.2) is 54.9 Å². The first-order valence-electron chi connectivity index (χ1n) is 10.0. The maximum absolute atomic E-state index is 13.1. The molecule has 4 rings (SSSR count). The molecule has 0 aliphatic carbocycles. The van der Waals surface area contributed by atoms with Gasteiger partial charge >= 0.3 is 0 Å². The van der Waals surface area contributed by atoms with Gasteiger partial charge in [-0.15, -0.1) is 0 Å². The summed E-state index contributed by atoms with van der Waals surface area (Å²) >= 11 is 0. The summed E-state index contributed by atoms with van der Waals surface area (Å²) in [6.07, 6.45) is 3.56. The van der Waals surface area contributed by atoms with E-state index in [1.165, 1.54) is 11.9 Å². The summed E-state index contributed by atoms with van der Waals surface area (Å²) in [5.41, 5.74) is 3.44. The van der Waals surface area contributed by atoms with Crippen LogP contribution in [0.4, 0.5) is 5.95 Å². The average Bonchev–Trinajstić information content (AvgIpc) is 3.23. The van der Waals surface area contributed by atoms with E-state index in [1.807, 2.05) is 28.6 Å². The molecule has 0 N–H and O–H groups in total. The van der Waals surface area contributed by atoms with Gasteiger partial charge in [0.05, 0.1) is 19.2 Å². The molecule has 1 aromatic heterocycles. The van der Waals surface area contributed by atoms with Gasteiger partial charge in [0, 0.05) is 6.42 Å². The Morgan fingerprint density at radius 1 is 1.07 bits per heavy atom. The van der Waals surface area contributed by atoms with Crippen LogP contribution in [0.25, 0.3) is 0 Å². The lowest BCUT2D eigenvalue weighted by molar-refractivity contribution is -0.119. The highest BCUT2D eigenvalue weighted by atomic mass is 16.5. The summed E-state index contributed by atoms with van der Waals surface area (Å²) < 4.78 is 7.18. The average molecular weight is 390 g/mol. The maximum Gasteiger partial charge on any atom is 0.231 e. The normalized spacial score (nSPS) is 18.4. The second-order valence-corrected chi connectivity index (χ2v) is 7.47. The van der Waals surface area contributed by atoms with E-state index in [4.69, 9.17) is 4.74 Å². The van der Waals surface area contributed by atoms with E-state index in [0.29, 0.717) is 12.4 Å². The number of benzene rings is 2. The fraction of sp³-hybridized carbons (Fsp3) is 0.348. The van der Waals surface area contributed by atoms with Crippen LogP contribution in [-0.2, 0) is 4.79 Å². The van der Waals surface area contributed by atoms with Crippen molar-refractivity contribution in [3.63, 3.8) is 0 Å². The number of rotatable bonds is 5. The molecular weight excluding hydrogens is 364 g/mol. The molecule has 29 heavy (non-hydrogen) atoms. The molecule has 0 radical (unpaired) electrons. The molecule has 0 bridgehead atoms. The van der Waals surface area contributed by atoms with Crippen molar-refractivity contribution in [1.29, 1.82) is 0 Å².